The number of likely N-dealkylation sites (N-methyl/N-ethyl adjacent to an activating group) is 1. The Morgan fingerprint density at radius 1 is 0.457 bits per heavy atom. The van der Waals surface area contributed by atoms with E-state index >= 15 is 0 Å². The zero-order valence-electron chi connectivity index (χ0n) is 24.7. The molecule has 3 heteroatoms. The van der Waals surface area contributed by atoms with Crippen molar-refractivity contribution in [2.45, 2.75) is 174 Å². The third-order valence-corrected chi connectivity index (χ3v) is 7.23. The summed E-state index contributed by atoms with van der Waals surface area (Å²) in [7, 11) is 2.01. The second-order valence-corrected chi connectivity index (χ2v) is 10.9. The molecule has 0 aliphatic rings. The van der Waals surface area contributed by atoms with Crippen molar-refractivity contribution in [2.75, 3.05) is 33.4 Å². The van der Waals surface area contributed by atoms with Crippen LogP contribution in [0.5, 0.6) is 0 Å². The summed E-state index contributed by atoms with van der Waals surface area (Å²) in [5, 5.41) is 3.26. The van der Waals surface area contributed by atoms with Crippen molar-refractivity contribution in [1.29, 1.82) is 0 Å². The van der Waals surface area contributed by atoms with Crippen LogP contribution in [0.2, 0.25) is 0 Å². The second-order valence-electron chi connectivity index (χ2n) is 10.9. The van der Waals surface area contributed by atoms with Crippen LogP contribution in [0.15, 0.2) is 0 Å². The first-order chi connectivity index (χ1) is 17.3. The largest absolute Gasteiger partial charge is 0.379 e. The van der Waals surface area contributed by atoms with Crippen LogP contribution in [0.25, 0.3) is 0 Å². The highest BCUT2D eigenvalue weighted by molar-refractivity contribution is 4.60. The van der Waals surface area contributed by atoms with E-state index in [1.165, 1.54) is 154 Å². The predicted octanol–water partition coefficient (Wildman–Crippen LogP) is 10.0. The van der Waals surface area contributed by atoms with Gasteiger partial charge in [-0.05, 0) is 19.9 Å². The summed E-state index contributed by atoms with van der Waals surface area (Å²) in [5.74, 6) is 0. The van der Waals surface area contributed by atoms with Crippen LogP contribution in [0.3, 0.4) is 0 Å². The molecule has 0 fully saturated rings. The van der Waals surface area contributed by atoms with Crippen LogP contribution in [-0.2, 0) is 9.47 Å². The fourth-order valence-electron chi connectivity index (χ4n) is 4.85. The number of unbranched alkanes of at least 4 members (excludes halogenated alkanes) is 22. The molecule has 1 N–H and O–H groups in total. The fourth-order valence-corrected chi connectivity index (χ4v) is 4.85. The van der Waals surface area contributed by atoms with Gasteiger partial charge in [0.05, 0.1) is 12.7 Å². The first-order valence-electron chi connectivity index (χ1n) is 16.2. The monoisotopic (exact) mass is 498 g/mol. The van der Waals surface area contributed by atoms with Gasteiger partial charge in [0, 0.05) is 19.8 Å². The van der Waals surface area contributed by atoms with Crippen molar-refractivity contribution in [3.05, 3.63) is 0 Å². The number of rotatable bonds is 31. The first kappa shape index (κ1) is 34.9. The first-order valence-corrected chi connectivity index (χ1v) is 16.2. The van der Waals surface area contributed by atoms with Crippen molar-refractivity contribution in [3.8, 4) is 0 Å². The summed E-state index contributed by atoms with van der Waals surface area (Å²) >= 11 is 0. The summed E-state index contributed by atoms with van der Waals surface area (Å²) in [6.07, 6.45) is 33.6. The average molecular weight is 498 g/mol. The van der Waals surface area contributed by atoms with Crippen molar-refractivity contribution < 1.29 is 9.47 Å². The minimum Gasteiger partial charge on any atom is -0.379 e. The van der Waals surface area contributed by atoms with E-state index in [0.717, 1.165) is 26.4 Å². The van der Waals surface area contributed by atoms with Gasteiger partial charge in [-0.15, -0.1) is 0 Å². The van der Waals surface area contributed by atoms with E-state index in [0.29, 0.717) is 0 Å². The van der Waals surface area contributed by atoms with Gasteiger partial charge >= 0.3 is 0 Å². The Bertz CT molecular complexity index is 363. The van der Waals surface area contributed by atoms with Crippen LogP contribution in [0.4, 0.5) is 0 Å². The number of hydrogen-bond acceptors (Lipinski definition) is 3. The summed E-state index contributed by atoms with van der Waals surface area (Å²) in [5.41, 5.74) is 0. The van der Waals surface area contributed by atoms with Gasteiger partial charge in [-0.2, -0.15) is 0 Å². The SMILES string of the molecule is CCCCCCCCCCCCCCOCC(CNC)OCCCCCCCCCCCCCC. The van der Waals surface area contributed by atoms with Crippen LogP contribution in [-0.4, -0.2) is 39.5 Å². The second kappa shape index (κ2) is 31.9. The van der Waals surface area contributed by atoms with E-state index in [-0.39, 0.29) is 6.10 Å². The van der Waals surface area contributed by atoms with E-state index in [9.17, 15) is 0 Å². The molecule has 0 aliphatic heterocycles. The molecule has 0 heterocycles. The van der Waals surface area contributed by atoms with Crippen molar-refractivity contribution >= 4 is 0 Å². The molecule has 1 unspecified atom stereocenters. The van der Waals surface area contributed by atoms with E-state index in [2.05, 4.69) is 19.2 Å². The maximum atomic E-state index is 6.10. The van der Waals surface area contributed by atoms with E-state index < -0.39 is 0 Å². The highest BCUT2D eigenvalue weighted by Crippen LogP contribution is 2.13. The molecule has 0 amide bonds. The molecule has 0 bridgehead atoms. The van der Waals surface area contributed by atoms with E-state index in [1.54, 1.807) is 0 Å². The lowest BCUT2D eigenvalue weighted by Gasteiger charge is -2.18. The Morgan fingerprint density at radius 3 is 1.17 bits per heavy atom. The molecule has 3 nitrogen and oxygen atoms in total. The minimum absolute atomic E-state index is 0.199. The van der Waals surface area contributed by atoms with Crippen LogP contribution in [0, 0.1) is 0 Å². The van der Waals surface area contributed by atoms with Crippen LogP contribution in [0.1, 0.15) is 168 Å². The van der Waals surface area contributed by atoms with Gasteiger partial charge in [0.15, 0.2) is 0 Å². The number of ether oxygens (including phenoxy) is 2. The van der Waals surface area contributed by atoms with Crippen LogP contribution < -0.4 is 5.32 Å². The topological polar surface area (TPSA) is 30.5 Å². The molecule has 0 radical (unpaired) electrons. The lowest BCUT2D eigenvalue weighted by atomic mass is 10.1. The highest BCUT2D eigenvalue weighted by Gasteiger charge is 2.08. The molecule has 35 heavy (non-hydrogen) atoms. The predicted molar refractivity (Wildman–Crippen MR) is 157 cm³/mol. The third kappa shape index (κ3) is 30.0. The normalized spacial score (nSPS) is 12.4. The highest BCUT2D eigenvalue weighted by atomic mass is 16.5. The molecule has 1 atom stereocenters. The molecular formula is C32H67NO2. The fraction of sp³-hybridized carbons (Fsp3) is 1.00. The van der Waals surface area contributed by atoms with Gasteiger partial charge in [0.1, 0.15) is 0 Å². The molecule has 0 saturated carbocycles. The molecule has 0 aromatic rings. The van der Waals surface area contributed by atoms with E-state index in [1.807, 2.05) is 7.05 Å². The van der Waals surface area contributed by atoms with Gasteiger partial charge in [0.2, 0.25) is 0 Å². The third-order valence-electron chi connectivity index (χ3n) is 7.23. The number of hydrogen-bond donors (Lipinski definition) is 1. The quantitative estimate of drug-likeness (QED) is 0.0966. The van der Waals surface area contributed by atoms with E-state index in [4.69, 9.17) is 9.47 Å². The molecule has 0 rings (SSSR count). The molecule has 0 spiro atoms. The van der Waals surface area contributed by atoms with Crippen molar-refractivity contribution in [2.24, 2.45) is 0 Å². The Morgan fingerprint density at radius 2 is 0.800 bits per heavy atom. The van der Waals surface area contributed by atoms with Crippen molar-refractivity contribution in [3.63, 3.8) is 0 Å². The Labute approximate surface area is 222 Å². The number of nitrogens with one attached hydrogen (secondary N) is 1. The minimum atomic E-state index is 0.199. The molecule has 0 aromatic carbocycles. The van der Waals surface area contributed by atoms with Gasteiger partial charge < -0.3 is 14.8 Å². The zero-order valence-corrected chi connectivity index (χ0v) is 24.7. The summed E-state index contributed by atoms with van der Waals surface area (Å²) in [4.78, 5) is 0. The molecular weight excluding hydrogens is 430 g/mol. The molecule has 0 aromatic heterocycles. The Balaban J connectivity index is 3.37. The summed E-state index contributed by atoms with van der Waals surface area (Å²) in [6, 6.07) is 0. The maximum absolute atomic E-state index is 6.10. The van der Waals surface area contributed by atoms with Crippen LogP contribution >= 0.6 is 0 Å². The zero-order chi connectivity index (χ0) is 25.5. The summed E-state index contributed by atoms with van der Waals surface area (Å²) in [6.45, 7) is 7.97. The molecule has 0 aliphatic carbocycles. The lowest BCUT2D eigenvalue weighted by molar-refractivity contribution is -0.0167. The van der Waals surface area contributed by atoms with Crippen molar-refractivity contribution in [1.82, 2.24) is 5.32 Å². The lowest BCUT2D eigenvalue weighted by Crippen LogP contribution is -2.31. The maximum Gasteiger partial charge on any atom is 0.0932 e. The Kier molecular flexibility index (Phi) is 31.8. The molecule has 212 valence electrons. The standard InChI is InChI=1S/C32H67NO2/c1-4-6-8-10-12-14-16-18-20-22-24-26-28-34-31-32(30-33-3)35-29-27-25-23-21-19-17-15-13-11-9-7-5-2/h32-33H,4-31H2,1-3H3. The van der Waals surface area contributed by atoms with Gasteiger partial charge in [-0.3, -0.25) is 0 Å². The smallest absolute Gasteiger partial charge is 0.0932 e. The average Bonchev–Trinajstić information content (AvgIpc) is 2.87. The summed E-state index contributed by atoms with van der Waals surface area (Å²) < 4.78 is 12.0. The van der Waals surface area contributed by atoms with Gasteiger partial charge in [-0.1, -0.05) is 155 Å². The van der Waals surface area contributed by atoms with Gasteiger partial charge in [0.25, 0.3) is 0 Å². The molecule has 0 saturated heterocycles. The van der Waals surface area contributed by atoms with Gasteiger partial charge in [-0.25, -0.2) is 0 Å². The Hall–Kier alpha value is -0.120.